The second-order valence-corrected chi connectivity index (χ2v) is 16.4. The first kappa shape index (κ1) is 47.5. The Hall–Kier alpha value is -8.48. The highest BCUT2D eigenvalue weighted by atomic mass is 16.3. The average molecular weight is 918 g/mol. The summed E-state index contributed by atoms with van der Waals surface area (Å²) in [4.78, 5) is 68.1. The van der Waals surface area contributed by atoms with E-state index in [2.05, 4.69) is 46.2 Å². The highest BCUT2D eigenvalue weighted by Crippen LogP contribution is 2.39. The van der Waals surface area contributed by atoms with E-state index in [1.807, 2.05) is 55.5 Å². The lowest BCUT2D eigenvalue weighted by molar-refractivity contribution is -0.429. The van der Waals surface area contributed by atoms with Crippen LogP contribution in [0, 0.1) is 11.8 Å². The molecule has 0 spiro atoms. The molecule has 3 amide bonds. The lowest BCUT2D eigenvalue weighted by atomic mass is 10.0. The van der Waals surface area contributed by atoms with Crippen molar-refractivity contribution in [2.75, 3.05) is 27.2 Å². The summed E-state index contributed by atoms with van der Waals surface area (Å²) in [7, 11) is 2.84. The first-order valence-corrected chi connectivity index (χ1v) is 21.8. The summed E-state index contributed by atoms with van der Waals surface area (Å²) in [6.45, 7) is 4.22. The van der Waals surface area contributed by atoms with Crippen LogP contribution in [0.5, 0.6) is 11.5 Å². The molecule has 19 heteroatoms. The molecule has 19 nitrogen and oxygen atoms in total. The molecule has 0 aliphatic carbocycles. The molecule has 68 heavy (non-hydrogen) atoms. The van der Waals surface area contributed by atoms with Crippen LogP contribution in [0.15, 0.2) is 130 Å². The molecule has 0 radical (unpaired) electrons. The van der Waals surface area contributed by atoms with Gasteiger partial charge in [0.1, 0.15) is 6.54 Å². The van der Waals surface area contributed by atoms with Crippen molar-refractivity contribution in [2.24, 2.45) is 20.5 Å². The Bertz CT molecular complexity index is 2870. The zero-order valence-corrected chi connectivity index (χ0v) is 37.9. The molecule has 0 atom stereocenters. The summed E-state index contributed by atoms with van der Waals surface area (Å²) in [6, 6.07) is 30.4. The first-order chi connectivity index (χ1) is 32.6. The molecule has 5 aromatic carbocycles. The summed E-state index contributed by atoms with van der Waals surface area (Å²) in [5.74, 6) is -1.58. The number of phenolic OH excluding ortho intramolecular Hbond substituents is 2. The number of hydrogen-bond acceptors (Lipinski definition) is 15. The number of carbonyl (C=O) groups is 4. The second-order valence-electron chi connectivity index (χ2n) is 16.4. The van der Waals surface area contributed by atoms with Crippen molar-refractivity contribution in [1.82, 2.24) is 35.5 Å². The number of rotatable bonds is 20. The maximum Gasteiger partial charge on any atom is 0.301 e. The van der Waals surface area contributed by atoms with Gasteiger partial charge in [-0.25, -0.2) is 0 Å². The maximum absolute atomic E-state index is 14.0. The van der Waals surface area contributed by atoms with Crippen molar-refractivity contribution in [3.8, 4) is 22.9 Å². The summed E-state index contributed by atoms with van der Waals surface area (Å²) in [5.41, 5.74) is 4.42. The van der Waals surface area contributed by atoms with Gasteiger partial charge in [0.15, 0.2) is 24.4 Å². The number of unbranched alkanes of at least 4 members (excludes halogenated alkanes) is 2. The number of ketones is 1. The van der Waals surface area contributed by atoms with Gasteiger partial charge in [-0.15, -0.1) is 20.4 Å². The third kappa shape index (κ3) is 12.2. The van der Waals surface area contributed by atoms with Gasteiger partial charge >= 0.3 is 5.69 Å². The molecule has 346 valence electrons. The van der Waals surface area contributed by atoms with Crippen LogP contribution in [0.4, 0.5) is 17.1 Å². The number of nitroso groups, excluding NO2 is 1. The average Bonchev–Trinajstić information content (AvgIpc) is 4.10. The Balaban J connectivity index is 0.888. The predicted octanol–water partition coefficient (Wildman–Crippen LogP) is 7.96. The van der Waals surface area contributed by atoms with E-state index in [0.29, 0.717) is 83.2 Å². The maximum atomic E-state index is 14.0. The van der Waals surface area contributed by atoms with Gasteiger partial charge in [0.05, 0.1) is 11.4 Å². The number of phenols is 2. The normalized spacial score (nSPS) is 12.4. The minimum Gasteiger partial charge on any atom is -0.504 e. The Labute approximate surface area is 391 Å². The number of azo groups is 1. The molecule has 0 saturated heterocycles. The number of nitrogens with zero attached hydrogens (tertiary/aromatic N) is 11. The number of aromatic nitrogens is 4. The Morgan fingerprint density at radius 1 is 0.721 bits per heavy atom. The van der Waals surface area contributed by atoms with Crippen molar-refractivity contribution in [2.45, 2.75) is 58.3 Å². The van der Waals surface area contributed by atoms with Gasteiger partial charge < -0.3 is 25.3 Å². The number of nitrogens with one attached hydrogen (secondary N) is 1. The van der Waals surface area contributed by atoms with E-state index < -0.39 is 22.9 Å². The summed E-state index contributed by atoms with van der Waals surface area (Å²) in [5, 5.41) is 55.7. The third-order valence-electron chi connectivity index (χ3n) is 11.1. The molecule has 2 heterocycles. The van der Waals surface area contributed by atoms with Crippen LogP contribution in [0.25, 0.3) is 11.4 Å². The Morgan fingerprint density at radius 2 is 1.31 bits per heavy atom. The molecule has 0 saturated carbocycles. The van der Waals surface area contributed by atoms with Gasteiger partial charge in [-0.3, -0.25) is 19.2 Å². The van der Waals surface area contributed by atoms with Crippen LogP contribution < -0.4 is 5.32 Å². The van der Waals surface area contributed by atoms with Crippen LogP contribution in [-0.2, 0) is 28.3 Å². The van der Waals surface area contributed by atoms with E-state index >= 15 is 0 Å². The number of carbonyl (C=O) groups excluding carboxylic acids is 4. The number of aromatic hydroxyl groups is 2. The molecule has 1 aromatic heterocycles. The third-order valence-corrected chi connectivity index (χ3v) is 11.1. The van der Waals surface area contributed by atoms with Gasteiger partial charge in [0.2, 0.25) is 29.1 Å². The first-order valence-electron chi connectivity index (χ1n) is 21.8. The number of aryl methyl sites for hydroxylation is 1. The lowest BCUT2D eigenvalue weighted by Crippen LogP contribution is -2.40. The SMILES string of the molecule is Cc1nnc(-c2ccc(CN(CC(=O)NCCCCCC(=O)N(C)Cc3ccc(C(=O)c4cc(O)c(O)c([N+](C)=O)c4)cc3)C(=O)c3ccc(N=Nc4ccc(C5(C)N=N5)cc4)cc3)cc2)nn1. The molecular formula is C49H49N12O7+. The summed E-state index contributed by atoms with van der Waals surface area (Å²) in [6.07, 6.45) is 2.20. The number of hydrogen-bond donors (Lipinski definition) is 3. The van der Waals surface area contributed by atoms with Crippen LogP contribution in [0.3, 0.4) is 0 Å². The van der Waals surface area contributed by atoms with Crippen molar-refractivity contribution < 1.29 is 34.2 Å². The van der Waals surface area contributed by atoms with Crippen LogP contribution in [0.2, 0.25) is 0 Å². The monoisotopic (exact) mass is 917 g/mol. The van der Waals surface area contributed by atoms with Gasteiger partial charge in [-0.2, -0.15) is 20.5 Å². The van der Waals surface area contributed by atoms with Crippen molar-refractivity contribution in [3.05, 3.63) is 153 Å². The molecule has 1 aliphatic rings. The summed E-state index contributed by atoms with van der Waals surface area (Å²) >= 11 is 0. The van der Waals surface area contributed by atoms with E-state index in [4.69, 9.17) is 0 Å². The largest absolute Gasteiger partial charge is 0.504 e. The van der Waals surface area contributed by atoms with Crippen LogP contribution in [0.1, 0.15) is 81.4 Å². The fourth-order valence-electron chi connectivity index (χ4n) is 7.07. The molecule has 1 aliphatic heterocycles. The van der Waals surface area contributed by atoms with Gasteiger partial charge in [0.25, 0.3) is 5.91 Å². The van der Waals surface area contributed by atoms with E-state index in [-0.39, 0.29) is 42.1 Å². The highest BCUT2D eigenvalue weighted by molar-refractivity contribution is 6.09. The van der Waals surface area contributed by atoms with E-state index in [9.17, 15) is 34.3 Å². The Morgan fingerprint density at radius 3 is 1.93 bits per heavy atom. The second kappa shape index (κ2) is 21.2. The Kier molecular flexibility index (Phi) is 14.8. The zero-order chi connectivity index (χ0) is 48.4. The highest BCUT2D eigenvalue weighted by Gasteiger charge is 2.35. The molecule has 6 aromatic rings. The van der Waals surface area contributed by atoms with Crippen LogP contribution >= 0.6 is 0 Å². The number of amides is 3. The fourth-order valence-corrected chi connectivity index (χ4v) is 7.07. The van der Waals surface area contributed by atoms with Gasteiger partial charge in [0, 0.05) is 76.7 Å². The molecule has 0 fully saturated rings. The lowest BCUT2D eigenvalue weighted by Gasteiger charge is -2.23. The minimum atomic E-state index is -0.611. The molecular weight excluding hydrogens is 869 g/mol. The van der Waals surface area contributed by atoms with Crippen LogP contribution in [-0.4, -0.2) is 95.9 Å². The van der Waals surface area contributed by atoms with E-state index in [1.54, 1.807) is 67.4 Å². The number of benzene rings is 5. The zero-order valence-electron chi connectivity index (χ0n) is 37.9. The van der Waals surface area contributed by atoms with Crippen molar-refractivity contribution in [3.63, 3.8) is 0 Å². The standard InChI is InChI=1S/C49H48N12O7/c1-31-51-55-47(56-52-31)35-15-11-33(12-16-35)29-61(48(67)36-17-21-39(22-18-36)53-54-40-23-19-38(20-24-40)49(2)57-58-49)30-43(63)50-25-7-5-6-8-44(64)59(3)28-32-9-13-34(14-10-32)45(65)37-26-41(60(4)68)46(66)42(62)27-37/h9-24,26-27H,5-8,25,28-30H2,1-4H3,(H2-,50,51,52,53,54,55,56,57,58,62,63,65,66,67,68)/p+1. The van der Waals surface area contributed by atoms with Crippen molar-refractivity contribution in [1.29, 1.82) is 0 Å². The fraction of sp³-hybridized carbons (Fsp3) is 0.265. The van der Waals surface area contributed by atoms with E-state index in [1.165, 1.54) is 11.0 Å². The molecule has 7 rings (SSSR count). The van der Waals surface area contributed by atoms with E-state index in [0.717, 1.165) is 29.8 Å². The summed E-state index contributed by atoms with van der Waals surface area (Å²) < 4.78 is 0.355. The van der Waals surface area contributed by atoms with Gasteiger partial charge in [-0.05, 0) is 80.3 Å². The quantitative estimate of drug-likeness (QED) is 0.0218. The topological polar surface area (TPSA) is 248 Å². The molecule has 0 unspecified atom stereocenters. The van der Waals surface area contributed by atoms with Gasteiger partial charge in [-0.1, -0.05) is 67.1 Å². The molecule has 3 N–H and O–H groups in total. The minimum absolute atomic E-state index is 0.0354. The molecule has 0 bridgehead atoms. The van der Waals surface area contributed by atoms with Crippen molar-refractivity contribution >= 4 is 40.6 Å². The predicted molar refractivity (Wildman–Crippen MR) is 249 cm³/mol. The smallest absolute Gasteiger partial charge is 0.301 e.